The van der Waals surface area contributed by atoms with Crippen molar-refractivity contribution in [2.24, 2.45) is 0 Å². The first kappa shape index (κ1) is 27.5. The summed E-state index contributed by atoms with van der Waals surface area (Å²) in [6, 6.07) is 50.0. The zero-order chi connectivity index (χ0) is 29.1. The molecule has 0 aliphatic rings. The normalized spacial score (nSPS) is 11.3. The molecule has 0 N–H and O–H groups in total. The summed E-state index contributed by atoms with van der Waals surface area (Å²) in [5.74, 6) is -0.846. The molecule has 0 saturated carbocycles. The van der Waals surface area contributed by atoms with Crippen molar-refractivity contribution < 1.29 is 9.31 Å². The Morgan fingerprint density at radius 1 is 0.524 bits per heavy atom. The zero-order valence-corrected chi connectivity index (χ0v) is 25.0. The summed E-state index contributed by atoms with van der Waals surface area (Å²) in [6.07, 6.45) is 0. The smallest absolute Gasteiger partial charge is 0.258 e. The van der Waals surface area contributed by atoms with Gasteiger partial charge in [0.2, 0.25) is 5.82 Å². The van der Waals surface area contributed by atoms with Crippen molar-refractivity contribution in [1.82, 2.24) is 0 Å². The van der Waals surface area contributed by atoms with E-state index >= 15 is 4.39 Å². The van der Waals surface area contributed by atoms with Crippen LogP contribution in [0.4, 0.5) is 10.1 Å². The lowest BCUT2D eigenvalue weighted by atomic mass is 9.94. The van der Waals surface area contributed by atoms with Gasteiger partial charge >= 0.3 is 5.69 Å². The van der Waals surface area contributed by atoms with Crippen LogP contribution in [0.3, 0.4) is 0 Å². The van der Waals surface area contributed by atoms with Crippen molar-refractivity contribution in [2.75, 3.05) is 0 Å². The van der Waals surface area contributed by atoms with Gasteiger partial charge in [0, 0.05) is 16.1 Å². The fourth-order valence-electron chi connectivity index (χ4n) is 5.85. The van der Waals surface area contributed by atoms with Gasteiger partial charge in [0.15, 0.2) is 8.07 Å². The molecular formula is C36H25BrFNO2Si. The Morgan fingerprint density at radius 3 is 1.55 bits per heavy atom. The van der Waals surface area contributed by atoms with Gasteiger partial charge in [-0.25, -0.2) is 0 Å². The average molecular weight is 631 g/mol. The van der Waals surface area contributed by atoms with Gasteiger partial charge in [-0.15, -0.1) is 0 Å². The van der Waals surface area contributed by atoms with Crippen molar-refractivity contribution in [3.8, 4) is 22.3 Å². The third-order valence-corrected chi connectivity index (χ3v) is 13.2. The number of hydrogen-bond acceptors (Lipinski definition) is 2. The highest BCUT2D eigenvalue weighted by atomic mass is 79.9. The molecule has 0 heterocycles. The van der Waals surface area contributed by atoms with Crippen LogP contribution in [-0.2, 0) is 0 Å². The third kappa shape index (κ3) is 4.79. The van der Waals surface area contributed by atoms with E-state index in [9.17, 15) is 10.1 Å². The van der Waals surface area contributed by atoms with E-state index < -0.39 is 24.5 Å². The summed E-state index contributed by atoms with van der Waals surface area (Å²) in [5.41, 5.74) is 1.89. The first-order valence-corrected chi connectivity index (χ1v) is 16.3. The lowest BCUT2D eigenvalue weighted by Gasteiger charge is -2.35. The third-order valence-electron chi connectivity index (χ3n) is 7.70. The molecule has 0 bridgehead atoms. The monoisotopic (exact) mass is 629 g/mol. The minimum atomic E-state index is -2.87. The van der Waals surface area contributed by atoms with Crippen LogP contribution in [0.1, 0.15) is 0 Å². The van der Waals surface area contributed by atoms with Gasteiger partial charge < -0.3 is 0 Å². The van der Waals surface area contributed by atoms with Crippen LogP contribution in [0.2, 0.25) is 0 Å². The number of nitrogens with zero attached hydrogens (tertiary/aromatic N) is 1. The summed E-state index contributed by atoms with van der Waals surface area (Å²) >= 11 is 3.72. The van der Waals surface area contributed by atoms with Crippen LogP contribution < -0.4 is 20.7 Å². The Labute approximate surface area is 253 Å². The molecule has 0 radical (unpaired) electrons. The van der Waals surface area contributed by atoms with Gasteiger partial charge in [-0.2, -0.15) is 4.39 Å². The molecule has 0 aliphatic carbocycles. The first-order valence-electron chi connectivity index (χ1n) is 13.5. The van der Waals surface area contributed by atoms with Gasteiger partial charge in [-0.1, -0.05) is 155 Å². The van der Waals surface area contributed by atoms with Gasteiger partial charge in [-0.05, 0) is 43.5 Å². The number of nitro groups is 1. The molecule has 0 fully saturated rings. The summed E-state index contributed by atoms with van der Waals surface area (Å²) in [4.78, 5) is 11.0. The summed E-state index contributed by atoms with van der Waals surface area (Å²) in [6.45, 7) is 0. The van der Waals surface area contributed by atoms with E-state index in [-0.39, 0.29) is 5.56 Å². The molecule has 6 aromatic rings. The predicted octanol–water partition coefficient (Wildman–Crippen LogP) is 7.21. The van der Waals surface area contributed by atoms with Crippen LogP contribution in [0.15, 0.2) is 156 Å². The molecule has 0 spiro atoms. The molecule has 0 aliphatic heterocycles. The van der Waals surface area contributed by atoms with E-state index in [0.29, 0.717) is 5.56 Å². The number of benzene rings is 6. The van der Waals surface area contributed by atoms with Crippen LogP contribution in [0, 0.1) is 15.9 Å². The molecule has 3 nitrogen and oxygen atoms in total. The Kier molecular flexibility index (Phi) is 7.65. The largest absolute Gasteiger partial charge is 0.305 e. The van der Waals surface area contributed by atoms with Crippen molar-refractivity contribution in [2.45, 2.75) is 0 Å². The minimum Gasteiger partial charge on any atom is -0.258 e. The second-order valence-corrected chi connectivity index (χ2v) is 14.6. The molecular weight excluding hydrogens is 605 g/mol. The molecule has 0 amide bonds. The molecule has 6 aromatic carbocycles. The summed E-state index contributed by atoms with van der Waals surface area (Å²) in [5, 5.41) is 16.4. The van der Waals surface area contributed by atoms with Crippen molar-refractivity contribution >= 4 is 50.4 Å². The molecule has 0 atom stereocenters. The van der Waals surface area contributed by atoms with Crippen LogP contribution in [0.5, 0.6) is 0 Å². The van der Waals surface area contributed by atoms with Crippen LogP contribution in [-0.4, -0.2) is 13.0 Å². The minimum absolute atomic E-state index is 0.188. The molecule has 0 saturated heterocycles. The highest BCUT2D eigenvalue weighted by molar-refractivity contribution is 9.10. The maximum Gasteiger partial charge on any atom is 0.305 e. The molecule has 6 rings (SSSR count). The lowest BCUT2D eigenvalue weighted by Crippen LogP contribution is -2.74. The second-order valence-electron chi connectivity index (χ2n) is 9.98. The highest BCUT2D eigenvalue weighted by Crippen LogP contribution is 2.38. The number of halogens is 2. The van der Waals surface area contributed by atoms with E-state index in [0.717, 1.165) is 20.8 Å². The molecule has 6 heteroatoms. The van der Waals surface area contributed by atoms with Gasteiger partial charge in [0.05, 0.1) is 4.92 Å². The number of hydrogen-bond donors (Lipinski definition) is 0. The quantitative estimate of drug-likeness (QED) is 0.0810. The van der Waals surface area contributed by atoms with Crippen molar-refractivity contribution in [3.05, 3.63) is 172 Å². The van der Waals surface area contributed by atoms with Crippen LogP contribution >= 0.6 is 15.9 Å². The van der Waals surface area contributed by atoms with E-state index in [2.05, 4.69) is 101 Å². The first-order chi connectivity index (χ1) is 20.5. The summed E-state index contributed by atoms with van der Waals surface area (Å²) in [7, 11) is -2.87. The fourth-order valence-corrected chi connectivity index (χ4v) is 11.1. The SMILES string of the molecule is O=[N+]([O-])c1cccc(-c2ccc([Si](c3ccccc3)(c3ccccc3)c3ccccc3)cc2-c2ccccc2Br)c1F. The Bertz CT molecular complexity index is 1790. The van der Waals surface area contributed by atoms with Gasteiger partial charge in [0.25, 0.3) is 0 Å². The maximum absolute atomic E-state index is 15.7. The van der Waals surface area contributed by atoms with E-state index in [4.69, 9.17) is 0 Å². The Hall–Kier alpha value is -4.65. The summed E-state index contributed by atoms with van der Waals surface area (Å²) < 4.78 is 16.5. The molecule has 0 aromatic heterocycles. The number of rotatable bonds is 7. The zero-order valence-electron chi connectivity index (χ0n) is 22.5. The standard InChI is InChI=1S/C36H25BrFNO2Si/c37-34-21-11-10-19-31(34)33-25-29(23-24-30(33)32-20-12-22-35(36(32)38)39(40)41)42(26-13-4-1-5-14-26,27-15-6-2-7-16-27)28-17-8-3-9-18-28/h1-25H. The van der Waals surface area contributed by atoms with E-state index in [1.54, 1.807) is 6.07 Å². The van der Waals surface area contributed by atoms with Crippen molar-refractivity contribution in [3.63, 3.8) is 0 Å². The average Bonchev–Trinajstić information content (AvgIpc) is 3.03. The maximum atomic E-state index is 15.7. The van der Waals surface area contributed by atoms with E-state index in [1.807, 2.05) is 48.5 Å². The topological polar surface area (TPSA) is 43.1 Å². The second kappa shape index (κ2) is 11.7. The highest BCUT2D eigenvalue weighted by Gasteiger charge is 2.41. The van der Waals surface area contributed by atoms with Gasteiger partial charge in [-0.3, -0.25) is 10.1 Å². The van der Waals surface area contributed by atoms with Crippen LogP contribution in [0.25, 0.3) is 22.3 Å². The molecule has 0 unspecified atom stereocenters. The number of nitro benzene ring substituents is 1. The fraction of sp³-hybridized carbons (Fsp3) is 0. The Morgan fingerprint density at radius 2 is 1.02 bits per heavy atom. The van der Waals surface area contributed by atoms with Crippen molar-refractivity contribution in [1.29, 1.82) is 0 Å². The van der Waals surface area contributed by atoms with E-state index in [1.165, 1.54) is 27.7 Å². The lowest BCUT2D eigenvalue weighted by molar-refractivity contribution is -0.387. The predicted molar refractivity (Wildman–Crippen MR) is 175 cm³/mol. The van der Waals surface area contributed by atoms with Gasteiger partial charge in [0.1, 0.15) is 0 Å². The molecule has 42 heavy (non-hydrogen) atoms. The Balaban J connectivity index is 1.74. The molecule has 204 valence electrons.